The molecule has 0 aliphatic rings. The van der Waals surface area contributed by atoms with Crippen LogP contribution in [0.3, 0.4) is 0 Å². The predicted octanol–water partition coefficient (Wildman–Crippen LogP) is 2.13. The number of rotatable bonds is 4. The second-order valence-electron chi connectivity index (χ2n) is 5.40. The van der Waals surface area contributed by atoms with Crippen molar-refractivity contribution in [2.24, 2.45) is 0 Å². The molecular weight excluding hydrogens is 268 g/mol. The Morgan fingerprint density at radius 2 is 0.737 bits per heavy atom. The van der Waals surface area contributed by atoms with E-state index in [1.165, 1.54) is 0 Å². The fourth-order valence-corrected chi connectivity index (χ4v) is 1.33. The van der Waals surface area contributed by atoms with Crippen molar-refractivity contribution in [2.45, 2.75) is 79.6 Å². The van der Waals surface area contributed by atoms with Crippen LogP contribution in [0.5, 0.6) is 0 Å². The van der Waals surface area contributed by atoms with Gasteiger partial charge in [0, 0.05) is 24.2 Å². The van der Waals surface area contributed by atoms with Gasteiger partial charge in [-0.25, -0.2) is 0 Å². The number of hydrogen-bond acceptors (Lipinski definition) is 4. The van der Waals surface area contributed by atoms with E-state index in [4.69, 9.17) is 17.5 Å². The molecule has 19 heavy (non-hydrogen) atoms. The summed E-state index contributed by atoms with van der Waals surface area (Å²) in [5.41, 5.74) is 0. The van der Waals surface area contributed by atoms with E-state index in [2.05, 4.69) is 66.0 Å². The molecule has 0 heterocycles. The third-order valence-corrected chi connectivity index (χ3v) is 1.33. The van der Waals surface area contributed by atoms with Crippen LogP contribution in [0.4, 0.5) is 0 Å². The summed E-state index contributed by atoms with van der Waals surface area (Å²) in [6, 6.07) is 2.50. The summed E-state index contributed by atoms with van der Waals surface area (Å²) in [7, 11) is -4.67. The topological polar surface area (TPSA) is 98.7 Å². The standard InChI is InChI=1S/2C6H15N.H2O4S/c2*1-5(2)7-6(3)4;1-5(2,3)4/h2*5-7H,1-4H3;(H2,1,2,3,4). The summed E-state index contributed by atoms with van der Waals surface area (Å²) in [5, 5.41) is 6.61. The van der Waals surface area contributed by atoms with Crippen LogP contribution in [-0.2, 0) is 10.4 Å². The van der Waals surface area contributed by atoms with Crippen LogP contribution in [0.25, 0.3) is 0 Å². The molecule has 0 rings (SSSR count). The minimum Gasteiger partial charge on any atom is -0.312 e. The zero-order valence-corrected chi connectivity index (χ0v) is 14.2. The van der Waals surface area contributed by atoms with Gasteiger partial charge in [-0.1, -0.05) is 55.4 Å². The van der Waals surface area contributed by atoms with Crippen molar-refractivity contribution < 1.29 is 17.5 Å². The van der Waals surface area contributed by atoms with Gasteiger partial charge in [-0.3, -0.25) is 9.11 Å². The summed E-state index contributed by atoms with van der Waals surface area (Å²) in [5.74, 6) is 0. The summed E-state index contributed by atoms with van der Waals surface area (Å²) >= 11 is 0. The Hall–Kier alpha value is -0.210. The molecule has 0 aromatic carbocycles. The summed E-state index contributed by atoms with van der Waals surface area (Å²) in [6.45, 7) is 17.2. The molecule has 7 heteroatoms. The lowest BCUT2D eigenvalue weighted by Gasteiger charge is -2.10. The van der Waals surface area contributed by atoms with Gasteiger partial charge in [0.25, 0.3) is 0 Å². The van der Waals surface area contributed by atoms with E-state index in [0.29, 0.717) is 24.2 Å². The van der Waals surface area contributed by atoms with Crippen molar-refractivity contribution in [3.63, 3.8) is 0 Å². The molecule has 0 aliphatic heterocycles. The molecular formula is C12H32N2O4S. The third kappa shape index (κ3) is 73.1. The highest BCUT2D eigenvalue weighted by atomic mass is 32.3. The minimum absolute atomic E-state index is 0.625. The molecule has 6 nitrogen and oxygen atoms in total. The molecule has 0 bridgehead atoms. The minimum atomic E-state index is -4.67. The molecule has 0 aliphatic carbocycles. The van der Waals surface area contributed by atoms with E-state index in [0.717, 1.165) is 0 Å². The normalized spacial score (nSPS) is 11.3. The summed E-state index contributed by atoms with van der Waals surface area (Å²) in [6.07, 6.45) is 0. The molecule has 0 saturated carbocycles. The highest BCUT2D eigenvalue weighted by Gasteiger charge is 1.93. The van der Waals surface area contributed by atoms with Gasteiger partial charge in [-0.15, -0.1) is 0 Å². The number of nitrogens with one attached hydrogen (secondary N) is 2. The fraction of sp³-hybridized carbons (Fsp3) is 1.00. The molecule has 0 fully saturated rings. The molecule has 0 aromatic heterocycles. The average molecular weight is 300 g/mol. The van der Waals surface area contributed by atoms with Crippen molar-refractivity contribution in [1.82, 2.24) is 10.6 Å². The van der Waals surface area contributed by atoms with Crippen LogP contribution in [0.2, 0.25) is 0 Å². The van der Waals surface area contributed by atoms with Gasteiger partial charge in [0.1, 0.15) is 0 Å². The maximum Gasteiger partial charge on any atom is 0.394 e. The van der Waals surface area contributed by atoms with Gasteiger partial charge >= 0.3 is 10.4 Å². The van der Waals surface area contributed by atoms with Crippen molar-refractivity contribution in [1.29, 1.82) is 0 Å². The van der Waals surface area contributed by atoms with Gasteiger partial charge in [0.2, 0.25) is 0 Å². The number of hydrogen-bond donors (Lipinski definition) is 4. The molecule has 0 atom stereocenters. The van der Waals surface area contributed by atoms with Crippen LogP contribution >= 0.6 is 0 Å². The lowest BCUT2D eigenvalue weighted by atomic mass is 10.3. The average Bonchev–Trinajstić information content (AvgIpc) is 1.93. The van der Waals surface area contributed by atoms with Gasteiger partial charge in [-0.05, 0) is 0 Å². The largest absolute Gasteiger partial charge is 0.394 e. The Balaban J connectivity index is -0.000000206. The molecule has 0 spiro atoms. The highest BCUT2D eigenvalue weighted by Crippen LogP contribution is 1.81. The Morgan fingerprint density at radius 1 is 0.632 bits per heavy atom. The fourth-order valence-electron chi connectivity index (χ4n) is 1.33. The Kier molecular flexibility index (Phi) is 16.1. The van der Waals surface area contributed by atoms with Crippen LogP contribution in [0, 0.1) is 0 Å². The maximum absolute atomic E-state index is 8.74. The first kappa shape index (κ1) is 23.9. The van der Waals surface area contributed by atoms with E-state index in [9.17, 15) is 0 Å². The van der Waals surface area contributed by atoms with Gasteiger partial charge in [0.05, 0.1) is 0 Å². The second kappa shape index (κ2) is 12.8. The van der Waals surface area contributed by atoms with Crippen LogP contribution in [0.15, 0.2) is 0 Å². The van der Waals surface area contributed by atoms with Crippen LogP contribution in [-0.4, -0.2) is 41.7 Å². The van der Waals surface area contributed by atoms with E-state index < -0.39 is 10.4 Å². The van der Waals surface area contributed by atoms with Crippen molar-refractivity contribution in [3.05, 3.63) is 0 Å². The first-order chi connectivity index (χ1) is 8.25. The summed E-state index contributed by atoms with van der Waals surface area (Å²) < 4.78 is 31.6. The first-order valence-electron chi connectivity index (χ1n) is 6.47. The molecule has 120 valence electrons. The zero-order chi connectivity index (χ0) is 16.2. The Bertz CT molecular complexity index is 241. The lowest BCUT2D eigenvalue weighted by molar-refractivity contribution is 0.381. The first-order valence-corrected chi connectivity index (χ1v) is 7.87. The molecule has 4 N–H and O–H groups in total. The molecule has 0 aromatic rings. The smallest absolute Gasteiger partial charge is 0.312 e. The Morgan fingerprint density at radius 3 is 0.737 bits per heavy atom. The van der Waals surface area contributed by atoms with Gasteiger partial charge < -0.3 is 10.6 Å². The van der Waals surface area contributed by atoms with Crippen LogP contribution in [0.1, 0.15) is 55.4 Å². The van der Waals surface area contributed by atoms with E-state index in [1.54, 1.807) is 0 Å². The lowest BCUT2D eigenvalue weighted by Crippen LogP contribution is -2.29. The molecule has 0 saturated heterocycles. The highest BCUT2D eigenvalue weighted by molar-refractivity contribution is 7.79. The van der Waals surface area contributed by atoms with Gasteiger partial charge in [-0.2, -0.15) is 8.42 Å². The quantitative estimate of drug-likeness (QED) is 0.594. The van der Waals surface area contributed by atoms with E-state index >= 15 is 0 Å². The van der Waals surface area contributed by atoms with Crippen LogP contribution < -0.4 is 10.6 Å². The van der Waals surface area contributed by atoms with Crippen molar-refractivity contribution >= 4 is 10.4 Å². The monoisotopic (exact) mass is 300 g/mol. The maximum atomic E-state index is 8.74. The molecule has 0 unspecified atom stereocenters. The van der Waals surface area contributed by atoms with Crippen molar-refractivity contribution in [2.75, 3.05) is 0 Å². The van der Waals surface area contributed by atoms with Crippen molar-refractivity contribution in [3.8, 4) is 0 Å². The third-order valence-electron chi connectivity index (χ3n) is 1.33. The van der Waals surface area contributed by atoms with E-state index in [-0.39, 0.29) is 0 Å². The molecule has 0 radical (unpaired) electrons. The predicted molar refractivity (Wildman–Crippen MR) is 81.0 cm³/mol. The SMILES string of the molecule is CC(C)NC(C)C.CC(C)NC(C)C.O=S(=O)(O)O. The summed E-state index contributed by atoms with van der Waals surface area (Å²) in [4.78, 5) is 0. The van der Waals surface area contributed by atoms with E-state index in [1.807, 2.05) is 0 Å². The second-order valence-corrected chi connectivity index (χ2v) is 6.30. The zero-order valence-electron chi connectivity index (χ0n) is 13.4. The Labute approximate surface area is 118 Å². The van der Waals surface area contributed by atoms with Gasteiger partial charge in [0.15, 0.2) is 0 Å². The molecule has 0 amide bonds.